The predicted molar refractivity (Wildman–Crippen MR) is 58.5 cm³/mol. The fourth-order valence-electron chi connectivity index (χ4n) is 1.77. The molecule has 1 aliphatic heterocycles. The normalized spacial score (nSPS) is 18.4. The first-order valence-corrected chi connectivity index (χ1v) is 5.77. The smallest absolute Gasteiger partial charge is 0.146 e. The molecular formula is C11H22N2O. The van der Waals surface area contributed by atoms with Gasteiger partial charge in [-0.2, -0.15) is 0 Å². The van der Waals surface area contributed by atoms with Crippen molar-refractivity contribution in [2.75, 3.05) is 32.7 Å². The van der Waals surface area contributed by atoms with Gasteiger partial charge in [0.05, 0.1) is 6.54 Å². The monoisotopic (exact) mass is 198 g/mol. The molecule has 1 N–H and O–H groups in total. The Morgan fingerprint density at radius 1 is 1.29 bits per heavy atom. The lowest BCUT2D eigenvalue weighted by Crippen LogP contribution is -2.45. The summed E-state index contributed by atoms with van der Waals surface area (Å²) in [5.41, 5.74) is 0. The van der Waals surface area contributed by atoms with E-state index in [1.54, 1.807) is 0 Å². The number of nitrogens with one attached hydrogen (secondary N) is 1. The number of piperazine rings is 1. The summed E-state index contributed by atoms with van der Waals surface area (Å²) in [4.78, 5) is 13.8. The average molecular weight is 198 g/mol. The molecule has 0 spiro atoms. The Morgan fingerprint density at radius 2 is 2.00 bits per heavy atom. The molecule has 0 aliphatic carbocycles. The van der Waals surface area contributed by atoms with Crippen molar-refractivity contribution in [2.45, 2.75) is 32.6 Å². The lowest BCUT2D eigenvalue weighted by atomic mass is 10.1. The summed E-state index contributed by atoms with van der Waals surface area (Å²) in [5, 5.41) is 3.29. The standard InChI is InChI=1S/C11H22N2O/c1-2-3-4-5-11(14)10-13-8-6-12-7-9-13/h12H,2-10H2,1H3. The summed E-state index contributed by atoms with van der Waals surface area (Å²) in [6, 6.07) is 0. The van der Waals surface area contributed by atoms with E-state index < -0.39 is 0 Å². The molecule has 1 heterocycles. The van der Waals surface area contributed by atoms with Gasteiger partial charge in [-0.1, -0.05) is 19.8 Å². The Kier molecular flexibility index (Phi) is 5.80. The van der Waals surface area contributed by atoms with Crippen LogP contribution in [0.1, 0.15) is 32.6 Å². The molecule has 0 radical (unpaired) electrons. The van der Waals surface area contributed by atoms with Crippen LogP contribution in [0.15, 0.2) is 0 Å². The van der Waals surface area contributed by atoms with Gasteiger partial charge < -0.3 is 5.32 Å². The van der Waals surface area contributed by atoms with Crippen LogP contribution in [-0.2, 0) is 4.79 Å². The van der Waals surface area contributed by atoms with Gasteiger partial charge in [-0.15, -0.1) is 0 Å². The van der Waals surface area contributed by atoms with E-state index in [1.807, 2.05) is 0 Å². The van der Waals surface area contributed by atoms with Crippen LogP contribution in [0.2, 0.25) is 0 Å². The Hall–Kier alpha value is -0.410. The van der Waals surface area contributed by atoms with Crippen LogP contribution in [0, 0.1) is 0 Å². The fourth-order valence-corrected chi connectivity index (χ4v) is 1.77. The molecule has 0 aromatic carbocycles. The van der Waals surface area contributed by atoms with Crippen molar-refractivity contribution < 1.29 is 4.79 Å². The lowest BCUT2D eigenvalue weighted by molar-refractivity contribution is -0.120. The van der Waals surface area contributed by atoms with E-state index in [4.69, 9.17) is 0 Å². The van der Waals surface area contributed by atoms with E-state index in [0.717, 1.165) is 39.0 Å². The Balaban J connectivity index is 2.06. The number of hydrogen-bond donors (Lipinski definition) is 1. The zero-order valence-electron chi connectivity index (χ0n) is 9.22. The summed E-state index contributed by atoms with van der Waals surface area (Å²) < 4.78 is 0. The molecule has 0 saturated carbocycles. The first-order valence-electron chi connectivity index (χ1n) is 5.77. The first kappa shape index (κ1) is 11.7. The van der Waals surface area contributed by atoms with Gasteiger partial charge in [-0.25, -0.2) is 0 Å². The average Bonchev–Trinajstić information content (AvgIpc) is 2.20. The van der Waals surface area contributed by atoms with Gasteiger partial charge in [-0.05, 0) is 6.42 Å². The van der Waals surface area contributed by atoms with E-state index in [1.165, 1.54) is 12.8 Å². The first-order chi connectivity index (χ1) is 6.83. The van der Waals surface area contributed by atoms with Crippen molar-refractivity contribution in [3.8, 4) is 0 Å². The molecule has 0 aromatic heterocycles. The molecule has 1 fully saturated rings. The van der Waals surface area contributed by atoms with Crippen molar-refractivity contribution in [3.63, 3.8) is 0 Å². The number of Topliss-reactive ketones (excluding diaryl/α,β-unsaturated/α-hetero) is 1. The molecule has 0 aromatic rings. The highest BCUT2D eigenvalue weighted by Gasteiger charge is 2.12. The molecule has 0 amide bonds. The Bertz CT molecular complexity index is 165. The summed E-state index contributed by atoms with van der Waals surface area (Å²) in [5.74, 6) is 0.417. The third-order valence-electron chi connectivity index (χ3n) is 2.67. The van der Waals surface area contributed by atoms with Crippen LogP contribution in [0.25, 0.3) is 0 Å². The number of ketones is 1. The molecule has 0 bridgehead atoms. The third kappa shape index (κ3) is 4.72. The van der Waals surface area contributed by atoms with Crippen LogP contribution in [0.5, 0.6) is 0 Å². The molecule has 3 nitrogen and oxygen atoms in total. The van der Waals surface area contributed by atoms with E-state index in [-0.39, 0.29) is 0 Å². The number of rotatable bonds is 6. The second-order valence-corrected chi connectivity index (χ2v) is 4.02. The Labute approximate surface area is 86.9 Å². The second-order valence-electron chi connectivity index (χ2n) is 4.02. The van der Waals surface area contributed by atoms with Gasteiger partial charge in [0.15, 0.2) is 0 Å². The molecule has 82 valence electrons. The van der Waals surface area contributed by atoms with Gasteiger partial charge in [0.2, 0.25) is 0 Å². The van der Waals surface area contributed by atoms with Gasteiger partial charge in [0, 0.05) is 32.6 Å². The Morgan fingerprint density at radius 3 is 2.64 bits per heavy atom. The number of unbranched alkanes of at least 4 members (excludes halogenated alkanes) is 2. The maximum atomic E-state index is 11.5. The van der Waals surface area contributed by atoms with Crippen LogP contribution in [0.3, 0.4) is 0 Å². The highest BCUT2D eigenvalue weighted by atomic mass is 16.1. The van der Waals surface area contributed by atoms with E-state index in [2.05, 4.69) is 17.1 Å². The SMILES string of the molecule is CCCCCC(=O)CN1CCNCC1. The summed E-state index contributed by atoms with van der Waals surface area (Å²) in [6.07, 6.45) is 4.23. The quantitative estimate of drug-likeness (QED) is 0.647. The second kappa shape index (κ2) is 6.96. The molecule has 1 saturated heterocycles. The molecule has 3 heteroatoms. The zero-order chi connectivity index (χ0) is 10.2. The zero-order valence-corrected chi connectivity index (χ0v) is 9.22. The minimum atomic E-state index is 0.417. The van der Waals surface area contributed by atoms with Crippen molar-refractivity contribution >= 4 is 5.78 Å². The number of nitrogens with zero attached hydrogens (tertiary/aromatic N) is 1. The van der Waals surface area contributed by atoms with E-state index in [9.17, 15) is 4.79 Å². The van der Waals surface area contributed by atoms with Crippen molar-refractivity contribution in [1.82, 2.24) is 10.2 Å². The summed E-state index contributed by atoms with van der Waals surface area (Å²) in [7, 11) is 0. The minimum Gasteiger partial charge on any atom is -0.314 e. The van der Waals surface area contributed by atoms with Crippen LogP contribution < -0.4 is 5.32 Å². The maximum absolute atomic E-state index is 11.5. The highest BCUT2D eigenvalue weighted by Crippen LogP contribution is 2.01. The van der Waals surface area contributed by atoms with Gasteiger partial charge in [0.25, 0.3) is 0 Å². The molecule has 14 heavy (non-hydrogen) atoms. The van der Waals surface area contributed by atoms with Crippen LogP contribution in [0.4, 0.5) is 0 Å². The molecule has 0 atom stereocenters. The topological polar surface area (TPSA) is 32.3 Å². The summed E-state index contributed by atoms with van der Waals surface area (Å²) in [6.45, 7) is 6.95. The van der Waals surface area contributed by atoms with Crippen LogP contribution >= 0.6 is 0 Å². The lowest BCUT2D eigenvalue weighted by Gasteiger charge is -2.26. The van der Waals surface area contributed by atoms with Gasteiger partial charge >= 0.3 is 0 Å². The van der Waals surface area contributed by atoms with Crippen molar-refractivity contribution in [1.29, 1.82) is 0 Å². The van der Waals surface area contributed by atoms with Gasteiger partial charge in [0.1, 0.15) is 5.78 Å². The predicted octanol–water partition coefficient (Wildman–Crippen LogP) is 1.04. The minimum absolute atomic E-state index is 0.417. The highest BCUT2D eigenvalue weighted by molar-refractivity contribution is 5.80. The largest absolute Gasteiger partial charge is 0.314 e. The molecule has 1 aliphatic rings. The van der Waals surface area contributed by atoms with Crippen molar-refractivity contribution in [2.24, 2.45) is 0 Å². The van der Waals surface area contributed by atoms with Gasteiger partial charge in [-0.3, -0.25) is 9.69 Å². The maximum Gasteiger partial charge on any atom is 0.146 e. The third-order valence-corrected chi connectivity index (χ3v) is 2.67. The number of carbonyl (C=O) groups is 1. The fraction of sp³-hybridized carbons (Fsp3) is 0.909. The molecular weight excluding hydrogens is 176 g/mol. The number of hydrogen-bond acceptors (Lipinski definition) is 3. The number of carbonyl (C=O) groups excluding carboxylic acids is 1. The van der Waals surface area contributed by atoms with E-state index in [0.29, 0.717) is 12.3 Å². The van der Waals surface area contributed by atoms with E-state index >= 15 is 0 Å². The molecule has 1 rings (SSSR count). The molecule has 0 unspecified atom stereocenters. The van der Waals surface area contributed by atoms with Crippen molar-refractivity contribution in [3.05, 3.63) is 0 Å². The van der Waals surface area contributed by atoms with Crippen LogP contribution in [-0.4, -0.2) is 43.4 Å². The summed E-state index contributed by atoms with van der Waals surface area (Å²) >= 11 is 0.